The van der Waals surface area contributed by atoms with Crippen LogP contribution in [0.1, 0.15) is 29.9 Å². The standard InChI is InChI=1S/C15H16IN3O/c1-3-17-15-13(16)9(2)18-14(19-15)11-8-20-12-7-5-4-6-10(11)12/h4-7,11H,3,8H2,1-2H3,(H,17,18,19). The number of anilines is 1. The summed E-state index contributed by atoms with van der Waals surface area (Å²) < 4.78 is 6.82. The molecule has 0 fully saturated rings. The molecule has 0 bridgehead atoms. The quantitative estimate of drug-likeness (QED) is 0.829. The first-order valence-electron chi connectivity index (χ1n) is 6.70. The Hall–Kier alpha value is -1.37. The third-order valence-electron chi connectivity index (χ3n) is 3.39. The van der Waals surface area contributed by atoms with E-state index in [1.165, 1.54) is 5.56 Å². The second kappa shape index (κ2) is 5.55. The van der Waals surface area contributed by atoms with Crippen LogP contribution in [0, 0.1) is 10.5 Å². The minimum atomic E-state index is 0.124. The van der Waals surface area contributed by atoms with Crippen molar-refractivity contribution in [1.29, 1.82) is 0 Å². The van der Waals surface area contributed by atoms with E-state index in [1.807, 2.05) is 25.1 Å². The van der Waals surface area contributed by atoms with Gasteiger partial charge < -0.3 is 10.1 Å². The monoisotopic (exact) mass is 381 g/mol. The number of nitrogens with one attached hydrogen (secondary N) is 1. The number of halogens is 1. The van der Waals surface area contributed by atoms with Crippen molar-refractivity contribution in [1.82, 2.24) is 9.97 Å². The van der Waals surface area contributed by atoms with Crippen molar-refractivity contribution in [2.45, 2.75) is 19.8 Å². The molecule has 0 saturated heterocycles. The average Bonchev–Trinajstić information content (AvgIpc) is 2.88. The van der Waals surface area contributed by atoms with Crippen LogP contribution in [0.5, 0.6) is 5.75 Å². The fourth-order valence-corrected chi connectivity index (χ4v) is 2.83. The summed E-state index contributed by atoms with van der Waals surface area (Å²) in [4.78, 5) is 9.35. The molecule has 1 aliphatic heterocycles. The fraction of sp³-hybridized carbons (Fsp3) is 0.333. The molecule has 0 saturated carbocycles. The molecule has 1 aromatic carbocycles. The van der Waals surface area contributed by atoms with Crippen LogP contribution >= 0.6 is 22.6 Å². The lowest BCUT2D eigenvalue weighted by Crippen LogP contribution is -2.13. The first kappa shape index (κ1) is 13.6. The number of hydrogen-bond acceptors (Lipinski definition) is 4. The number of aryl methyl sites for hydroxylation is 1. The Morgan fingerprint density at radius 2 is 2.15 bits per heavy atom. The van der Waals surface area contributed by atoms with Gasteiger partial charge in [-0.25, -0.2) is 9.97 Å². The predicted molar refractivity (Wildman–Crippen MR) is 87.4 cm³/mol. The molecule has 1 unspecified atom stereocenters. The van der Waals surface area contributed by atoms with Crippen LogP contribution in [-0.2, 0) is 0 Å². The Labute approximate surface area is 132 Å². The van der Waals surface area contributed by atoms with Gasteiger partial charge in [0.25, 0.3) is 0 Å². The Morgan fingerprint density at radius 3 is 2.95 bits per heavy atom. The van der Waals surface area contributed by atoms with Gasteiger partial charge in [0.2, 0.25) is 0 Å². The van der Waals surface area contributed by atoms with Gasteiger partial charge in [0, 0.05) is 12.1 Å². The third kappa shape index (κ3) is 2.34. The maximum atomic E-state index is 5.73. The van der Waals surface area contributed by atoms with E-state index in [0.29, 0.717) is 6.61 Å². The maximum absolute atomic E-state index is 5.73. The molecule has 3 rings (SSSR count). The van der Waals surface area contributed by atoms with Gasteiger partial charge in [-0.1, -0.05) is 18.2 Å². The van der Waals surface area contributed by atoms with E-state index in [2.05, 4.69) is 45.9 Å². The number of ether oxygens (including phenoxy) is 1. The van der Waals surface area contributed by atoms with Crippen LogP contribution in [0.2, 0.25) is 0 Å². The lowest BCUT2D eigenvalue weighted by Gasteiger charge is -2.13. The highest BCUT2D eigenvalue weighted by molar-refractivity contribution is 14.1. The summed E-state index contributed by atoms with van der Waals surface area (Å²) in [5.74, 6) is 2.82. The number of benzene rings is 1. The minimum Gasteiger partial charge on any atom is -0.492 e. The van der Waals surface area contributed by atoms with Crippen LogP contribution in [0.3, 0.4) is 0 Å². The van der Waals surface area contributed by atoms with Gasteiger partial charge in [-0.05, 0) is 42.5 Å². The van der Waals surface area contributed by atoms with E-state index in [0.717, 1.165) is 33.2 Å². The van der Waals surface area contributed by atoms with Crippen LogP contribution in [0.4, 0.5) is 5.82 Å². The molecule has 0 aliphatic carbocycles. The van der Waals surface area contributed by atoms with Gasteiger partial charge in [0.15, 0.2) is 0 Å². The Bertz CT molecular complexity index is 645. The molecule has 5 heteroatoms. The van der Waals surface area contributed by atoms with Gasteiger partial charge in [0.05, 0.1) is 15.2 Å². The zero-order chi connectivity index (χ0) is 14.1. The first-order valence-corrected chi connectivity index (χ1v) is 7.78. The molecule has 1 N–H and O–H groups in total. The van der Waals surface area contributed by atoms with Crippen molar-refractivity contribution in [3.63, 3.8) is 0 Å². The molecule has 20 heavy (non-hydrogen) atoms. The van der Waals surface area contributed by atoms with Crippen molar-refractivity contribution in [2.75, 3.05) is 18.5 Å². The van der Waals surface area contributed by atoms with E-state index in [9.17, 15) is 0 Å². The zero-order valence-corrected chi connectivity index (χ0v) is 13.6. The van der Waals surface area contributed by atoms with Crippen molar-refractivity contribution in [2.24, 2.45) is 0 Å². The summed E-state index contributed by atoms with van der Waals surface area (Å²) >= 11 is 2.29. The highest BCUT2D eigenvalue weighted by Crippen LogP contribution is 2.37. The molecule has 1 atom stereocenters. The number of nitrogens with zero attached hydrogens (tertiary/aromatic N) is 2. The lowest BCUT2D eigenvalue weighted by molar-refractivity contribution is 0.339. The third-order valence-corrected chi connectivity index (χ3v) is 4.68. The van der Waals surface area contributed by atoms with E-state index in [-0.39, 0.29) is 5.92 Å². The highest BCUT2D eigenvalue weighted by Gasteiger charge is 2.28. The number of rotatable bonds is 3. The largest absolute Gasteiger partial charge is 0.492 e. The topological polar surface area (TPSA) is 47.0 Å². The number of aromatic nitrogens is 2. The molecule has 2 heterocycles. The van der Waals surface area contributed by atoms with E-state index >= 15 is 0 Å². The first-order chi connectivity index (χ1) is 9.70. The Balaban J connectivity index is 2.03. The van der Waals surface area contributed by atoms with Crippen molar-refractivity contribution < 1.29 is 4.74 Å². The molecule has 2 aromatic rings. The second-order valence-corrected chi connectivity index (χ2v) is 5.84. The fourth-order valence-electron chi connectivity index (χ4n) is 2.40. The van der Waals surface area contributed by atoms with E-state index in [1.54, 1.807) is 0 Å². The predicted octanol–water partition coefficient (Wildman–Crippen LogP) is 3.35. The maximum Gasteiger partial charge on any atom is 0.143 e. The molecular formula is C15H16IN3O. The average molecular weight is 381 g/mol. The molecule has 104 valence electrons. The highest BCUT2D eigenvalue weighted by atomic mass is 127. The summed E-state index contributed by atoms with van der Waals surface area (Å²) in [6, 6.07) is 8.12. The second-order valence-electron chi connectivity index (χ2n) is 4.76. The van der Waals surface area contributed by atoms with E-state index < -0.39 is 0 Å². The summed E-state index contributed by atoms with van der Waals surface area (Å²) in [5.41, 5.74) is 2.19. The van der Waals surface area contributed by atoms with Gasteiger partial charge in [0.1, 0.15) is 24.0 Å². The zero-order valence-electron chi connectivity index (χ0n) is 11.5. The number of hydrogen-bond donors (Lipinski definition) is 1. The van der Waals surface area contributed by atoms with Crippen LogP contribution in [0.15, 0.2) is 24.3 Å². The SMILES string of the molecule is CCNc1nc(C2COc3ccccc32)nc(C)c1I. The summed E-state index contributed by atoms with van der Waals surface area (Å²) in [5, 5.41) is 3.31. The summed E-state index contributed by atoms with van der Waals surface area (Å²) in [6.07, 6.45) is 0. The Kier molecular flexibility index (Phi) is 3.78. The van der Waals surface area contributed by atoms with Gasteiger partial charge in [-0.3, -0.25) is 0 Å². The van der Waals surface area contributed by atoms with Gasteiger partial charge >= 0.3 is 0 Å². The van der Waals surface area contributed by atoms with Crippen LogP contribution in [0.25, 0.3) is 0 Å². The summed E-state index contributed by atoms with van der Waals surface area (Å²) in [6.45, 7) is 5.56. The molecule has 0 amide bonds. The molecular weight excluding hydrogens is 365 g/mol. The van der Waals surface area contributed by atoms with Crippen molar-refractivity contribution in [3.8, 4) is 5.75 Å². The van der Waals surface area contributed by atoms with E-state index in [4.69, 9.17) is 9.72 Å². The van der Waals surface area contributed by atoms with Crippen LogP contribution in [-0.4, -0.2) is 23.1 Å². The molecule has 4 nitrogen and oxygen atoms in total. The van der Waals surface area contributed by atoms with Gasteiger partial charge in [-0.15, -0.1) is 0 Å². The molecule has 1 aromatic heterocycles. The Morgan fingerprint density at radius 1 is 1.35 bits per heavy atom. The van der Waals surface area contributed by atoms with Gasteiger partial charge in [-0.2, -0.15) is 0 Å². The smallest absolute Gasteiger partial charge is 0.143 e. The number of para-hydroxylation sites is 1. The molecule has 1 aliphatic rings. The molecule has 0 radical (unpaired) electrons. The summed E-state index contributed by atoms with van der Waals surface area (Å²) in [7, 11) is 0. The van der Waals surface area contributed by atoms with Crippen LogP contribution < -0.4 is 10.1 Å². The molecule has 0 spiro atoms. The lowest BCUT2D eigenvalue weighted by atomic mass is 10.0. The minimum absolute atomic E-state index is 0.124. The normalized spacial score (nSPS) is 16.6. The van der Waals surface area contributed by atoms with Crippen molar-refractivity contribution >= 4 is 28.4 Å². The number of fused-ring (bicyclic) bond motifs is 1. The van der Waals surface area contributed by atoms with Crippen molar-refractivity contribution in [3.05, 3.63) is 44.9 Å².